The molecular formula is C24H22Cl2N2O7S. The molecule has 12 heteroatoms. The Morgan fingerprint density at radius 3 is 2.33 bits per heavy atom. The summed E-state index contributed by atoms with van der Waals surface area (Å²) in [5, 5.41) is 11.9. The molecule has 0 aromatic heterocycles. The van der Waals surface area contributed by atoms with Gasteiger partial charge >= 0.3 is 5.97 Å². The molecule has 0 unspecified atom stereocenters. The van der Waals surface area contributed by atoms with Crippen LogP contribution in [0.1, 0.15) is 22.8 Å². The highest BCUT2D eigenvalue weighted by molar-refractivity contribution is 7.92. The van der Waals surface area contributed by atoms with Crippen LogP contribution < -0.4 is 19.5 Å². The quantitative estimate of drug-likeness (QED) is 0.323. The van der Waals surface area contributed by atoms with Gasteiger partial charge in [-0.2, -0.15) is 0 Å². The number of methoxy groups -OCH3 is 1. The largest absolute Gasteiger partial charge is 0.493 e. The monoisotopic (exact) mass is 552 g/mol. The fourth-order valence-corrected chi connectivity index (χ4v) is 5.03. The van der Waals surface area contributed by atoms with E-state index in [0.29, 0.717) is 12.1 Å². The van der Waals surface area contributed by atoms with E-state index in [-0.39, 0.29) is 49.9 Å². The summed E-state index contributed by atoms with van der Waals surface area (Å²) in [7, 11) is -2.83. The first-order valence-electron chi connectivity index (χ1n) is 10.5. The van der Waals surface area contributed by atoms with Gasteiger partial charge in [-0.25, -0.2) is 8.42 Å². The van der Waals surface area contributed by atoms with E-state index < -0.39 is 21.9 Å². The molecule has 0 spiro atoms. The summed E-state index contributed by atoms with van der Waals surface area (Å²) < 4.78 is 40.0. The minimum Gasteiger partial charge on any atom is -0.493 e. The number of anilines is 1. The smallest absolute Gasteiger partial charge is 0.307 e. The lowest BCUT2D eigenvalue weighted by atomic mass is 10.1. The number of sulfonamides is 1. The molecule has 3 aromatic rings. The van der Waals surface area contributed by atoms with Crippen LogP contribution in [0, 0.1) is 0 Å². The van der Waals surface area contributed by atoms with E-state index in [1.165, 1.54) is 55.6 Å². The summed E-state index contributed by atoms with van der Waals surface area (Å²) in [5.74, 6) is -0.937. The van der Waals surface area contributed by atoms with Crippen molar-refractivity contribution in [1.29, 1.82) is 0 Å². The van der Waals surface area contributed by atoms with Crippen LogP contribution in [-0.4, -0.2) is 39.1 Å². The van der Waals surface area contributed by atoms with Crippen LogP contribution in [0.3, 0.4) is 0 Å². The number of carbonyl (C=O) groups excluding carboxylic acids is 1. The topological polar surface area (TPSA) is 131 Å². The van der Waals surface area contributed by atoms with Crippen LogP contribution in [0.15, 0.2) is 59.5 Å². The maximum absolute atomic E-state index is 13.1. The molecular weight excluding hydrogens is 531 g/mol. The number of amides is 1. The Bertz CT molecular complexity index is 1410. The van der Waals surface area contributed by atoms with Crippen molar-refractivity contribution in [3.05, 3.63) is 75.8 Å². The van der Waals surface area contributed by atoms with Crippen LogP contribution in [0.4, 0.5) is 5.69 Å². The zero-order chi connectivity index (χ0) is 26.5. The fourth-order valence-electron chi connectivity index (χ4n) is 3.19. The molecule has 0 radical (unpaired) electrons. The Kier molecular flexibility index (Phi) is 8.67. The third kappa shape index (κ3) is 6.60. The maximum Gasteiger partial charge on any atom is 0.307 e. The van der Waals surface area contributed by atoms with Gasteiger partial charge in [0, 0.05) is 17.1 Å². The van der Waals surface area contributed by atoms with Crippen molar-refractivity contribution in [2.45, 2.75) is 18.2 Å². The zero-order valence-corrected chi connectivity index (χ0v) is 21.5. The van der Waals surface area contributed by atoms with Crippen LogP contribution in [0.5, 0.6) is 17.2 Å². The van der Waals surface area contributed by atoms with E-state index in [2.05, 4.69) is 10.0 Å². The molecule has 0 aliphatic heterocycles. The summed E-state index contributed by atoms with van der Waals surface area (Å²) in [6, 6.07) is 12.7. The number of nitrogens with one attached hydrogen (secondary N) is 2. The first-order chi connectivity index (χ1) is 17.0. The number of benzene rings is 3. The SMILES string of the molecule is CCNC(=O)c1ccc(Oc2ccc(CC(=O)O)cc2OC)c(NS(=O)(=O)c2ccc(Cl)cc2Cl)c1. The summed E-state index contributed by atoms with van der Waals surface area (Å²) in [4.78, 5) is 23.2. The Labute approximate surface area is 218 Å². The fraction of sp³-hybridized carbons (Fsp3) is 0.167. The van der Waals surface area contributed by atoms with Gasteiger partial charge in [0.15, 0.2) is 17.2 Å². The van der Waals surface area contributed by atoms with E-state index >= 15 is 0 Å². The number of ether oxygens (including phenoxy) is 2. The predicted molar refractivity (Wildman–Crippen MR) is 136 cm³/mol. The van der Waals surface area contributed by atoms with E-state index in [1.807, 2.05) is 0 Å². The highest BCUT2D eigenvalue weighted by Gasteiger charge is 2.22. The molecule has 0 aliphatic rings. The molecule has 3 rings (SSSR count). The highest BCUT2D eigenvalue weighted by atomic mass is 35.5. The first kappa shape index (κ1) is 27.1. The first-order valence-corrected chi connectivity index (χ1v) is 12.7. The Morgan fingerprint density at radius 1 is 0.972 bits per heavy atom. The molecule has 190 valence electrons. The van der Waals surface area contributed by atoms with Crippen LogP contribution >= 0.6 is 23.2 Å². The Balaban J connectivity index is 2.05. The van der Waals surface area contributed by atoms with Crippen molar-refractivity contribution >= 4 is 50.8 Å². The van der Waals surface area contributed by atoms with Crippen molar-refractivity contribution in [3.63, 3.8) is 0 Å². The zero-order valence-electron chi connectivity index (χ0n) is 19.2. The van der Waals surface area contributed by atoms with E-state index in [4.69, 9.17) is 37.8 Å². The molecule has 0 fully saturated rings. The third-order valence-electron chi connectivity index (χ3n) is 4.81. The number of aliphatic carboxylic acids is 1. The summed E-state index contributed by atoms with van der Waals surface area (Å²) >= 11 is 12.0. The van der Waals surface area contributed by atoms with Crippen molar-refractivity contribution in [2.24, 2.45) is 0 Å². The van der Waals surface area contributed by atoms with Crippen molar-refractivity contribution in [3.8, 4) is 17.2 Å². The maximum atomic E-state index is 13.1. The summed E-state index contributed by atoms with van der Waals surface area (Å²) in [6.45, 7) is 2.13. The second-order valence-corrected chi connectivity index (χ2v) is 9.90. The van der Waals surface area contributed by atoms with Crippen LogP contribution in [0.2, 0.25) is 10.0 Å². The minimum atomic E-state index is -4.21. The molecule has 0 aliphatic carbocycles. The number of carbonyl (C=O) groups is 2. The van der Waals surface area contributed by atoms with Gasteiger partial charge in [0.05, 0.1) is 24.2 Å². The lowest BCUT2D eigenvalue weighted by Crippen LogP contribution is -2.23. The number of carboxylic acids is 1. The van der Waals surface area contributed by atoms with Crippen molar-refractivity contribution in [1.82, 2.24) is 5.32 Å². The molecule has 0 saturated heterocycles. The van der Waals surface area contributed by atoms with Gasteiger partial charge < -0.3 is 19.9 Å². The van der Waals surface area contributed by atoms with E-state index in [0.717, 1.165) is 0 Å². The summed E-state index contributed by atoms with van der Waals surface area (Å²) in [5.41, 5.74) is 0.630. The molecule has 0 bridgehead atoms. The van der Waals surface area contributed by atoms with Gasteiger partial charge in [-0.3, -0.25) is 14.3 Å². The van der Waals surface area contributed by atoms with Crippen LogP contribution in [0.25, 0.3) is 0 Å². The van der Waals surface area contributed by atoms with Gasteiger partial charge in [-0.05, 0) is 61.0 Å². The molecule has 0 atom stereocenters. The number of hydrogen-bond acceptors (Lipinski definition) is 6. The van der Waals surface area contributed by atoms with Gasteiger partial charge in [0.2, 0.25) is 0 Å². The van der Waals surface area contributed by atoms with Gasteiger partial charge in [-0.1, -0.05) is 29.3 Å². The average molecular weight is 553 g/mol. The number of carboxylic acid groups (broad SMARTS) is 1. The normalized spacial score (nSPS) is 11.0. The second kappa shape index (κ2) is 11.5. The van der Waals surface area contributed by atoms with Gasteiger partial charge in [0.1, 0.15) is 4.90 Å². The number of rotatable bonds is 10. The molecule has 3 N–H and O–H groups in total. The summed E-state index contributed by atoms with van der Waals surface area (Å²) in [6.07, 6.45) is -0.217. The Morgan fingerprint density at radius 2 is 1.69 bits per heavy atom. The molecule has 1 amide bonds. The predicted octanol–water partition coefficient (Wildman–Crippen LogP) is 4.97. The molecule has 36 heavy (non-hydrogen) atoms. The lowest BCUT2D eigenvalue weighted by molar-refractivity contribution is -0.136. The van der Waals surface area contributed by atoms with E-state index in [9.17, 15) is 18.0 Å². The van der Waals surface area contributed by atoms with Gasteiger partial charge in [-0.15, -0.1) is 0 Å². The average Bonchev–Trinajstić information content (AvgIpc) is 2.80. The molecule has 0 heterocycles. The molecule has 3 aromatic carbocycles. The number of hydrogen-bond donors (Lipinski definition) is 3. The van der Waals surface area contributed by atoms with Crippen LogP contribution in [-0.2, 0) is 21.2 Å². The highest BCUT2D eigenvalue weighted by Crippen LogP contribution is 2.38. The minimum absolute atomic E-state index is 0.0403. The number of halogens is 2. The van der Waals surface area contributed by atoms with E-state index in [1.54, 1.807) is 13.0 Å². The van der Waals surface area contributed by atoms with Crippen molar-refractivity contribution in [2.75, 3.05) is 18.4 Å². The lowest BCUT2D eigenvalue weighted by Gasteiger charge is -2.17. The van der Waals surface area contributed by atoms with Crippen molar-refractivity contribution < 1.29 is 32.6 Å². The second-order valence-electron chi connectivity index (χ2n) is 7.41. The Hall–Kier alpha value is -3.47. The third-order valence-corrected chi connectivity index (χ3v) is 6.89. The molecule has 0 saturated carbocycles. The van der Waals surface area contributed by atoms with Gasteiger partial charge in [0.25, 0.3) is 15.9 Å². The molecule has 9 nitrogen and oxygen atoms in total. The standard InChI is InChI=1S/C24H22Cl2N2O7S/c1-3-27-24(31)15-5-8-19(35-20-7-4-14(11-23(29)30)10-21(20)34-2)18(12-15)28-36(32,33)22-9-6-16(25)13-17(22)26/h4-10,12-13,28H,3,11H2,1-2H3,(H,27,31)(H,29,30).